The number of aliphatic hydroxyl groups is 1. The molecular formula is C31H39NO10. The lowest BCUT2D eigenvalue weighted by Gasteiger charge is -2.52. The summed E-state index contributed by atoms with van der Waals surface area (Å²) >= 11 is 0. The van der Waals surface area contributed by atoms with Crippen LogP contribution < -0.4 is 23.7 Å². The Bertz CT molecular complexity index is 1300. The number of ether oxygens (including phenoxy) is 7. The Kier molecular flexibility index (Phi) is 8.70. The van der Waals surface area contributed by atoms with Gasteiger partial charge in [-0.3, -0.25) is 9.69 Å². The van der Waals surface area contributed by atoms with E-state index < -0.39 is 30.1 Å². The summed E-state index contributed by atoms with van der Waals surface area (Å²) in [4.78, 5) is 28.9. The number of rotatable bonds is 8. The Morgan fingerprint density at radius 1 is 0.833 bits per heavy atom. The Hall–Kier alpha value is -3.70. The molecule has 11 heteroatoms. The third-order valence-corrected chi connectivity index (χ3v) is 9.06. The molecule has 2 fully saturated rings. The maximum absolute atomic E-state index is 13.3. The van der Waals surface area contributed by atoms with Crippen LogP contribution in [-0.2, 0) is 20.7 Å². The number of aliphatic hydroxyl groups excluding tert-OH is 1. The lowest BCUT2D eigenvalue weighted by atomic mass is 9.63. The van der Waals surface area contributed by atoms with Crippen LogP contribution in [0.25, 0.3) is 0 Å². The van der Waals surface area contributed by atoms with E-state index in [0.29, 0.717) is 48.1 Å². The molecule has 0 aromatic heterocycles. The predicted molar refractivity (Wildman–Crippen MR) is 151 cm³/mol. The fraction of sp³-hybridized carbons (Fsp3) is 0.548. The number of carbonyl (C=O) groups excluding carboxylic acids is 2. The molecule has 11 nitrogen and oxygen atoms in total. The quantitative estimate of drug-likeness (QED) is 0.460. The van der Waals surface area contributed by atoms with Gasteiger partial charge in [-0.05, 0) is 66.5 Å². The first kappa shape index (κ1) is 29.8. The second-order valence-electron chi connectivity index (χ2n) is 11.0. The number of benzene rings is 2. The number of methoxy groups -OCH3 is 6. The van der Waals surface area contributed by atoms with Gasteiger partial charge in [0.2, 0.25) is 5.75 Å². The van der Waals surface area contributed by atoms with E-state index in [1.807, 2.05) is 12.1 Å². The highest BCUT2D eigenvalue weighted by Crippen LogP contribution is 2.50. The van der Waals surface area contributed by atoms with Gasteiger partial charge in [0.05, 0.1) is 54.1 Å². The van der Waals surface area contributed by atoms with Crippen LogP contribution in [0.1, 0.15) is 40.4 Å². The molecule has 1 saturated carbocycles. The molecule has 0 unspecified atom stereocenters. The Morgan fingerprint density at radius 3 is 2.07 bits per heavy atom. The van der Waals surface area contributed by atoms with Gasteiger partial charge in [0.25, 0.3) is 0 Å². The summed E-state index contributed by atoms with van der Waals surface area (Å²) in [6.07, 6.45) is -0.217. The molecule has 2 aliphatic heterocycles. The average molecular weight is 586 g/mol. The van der Waals surface area contributed by atoms with Crippen molar-refractivity contribution < 1.29 is 47.9 Å². The van der Waals surface area contributed by atoms with Crippen molar-refractivity contribution in [3.8, 4) is 28.7 Å². The van der Waals surface area contributed by atoms with Gasteiger partial charge < -0.3 is 38.3 Å². The summed E-state index contributed by atoms with van der Waals surface area (Å²) in [5.41, 5.74) is 2.51. The van der Waals surface area contributed by atoms with Crippen LogP contribution >= 0.6 is 0 Å². The van der Waals surface area contributed by atoms with E-state index >= 15 is 0 Å². The van der Waals surface area contributed by atoms with E-state index in [-0.39, 0.29) is 23.4 Å². The van der Waals surface area contributed by atoms with E-state index in [4.69, 9.17) is 33.2 Å². The van der Waals surface area contributed by atoms with Crippen LogP contribution in [0.2, 0.25) is 0 Å². The van der Waals surface area contributed by atoms with E-state index in [2.05, 4.69) is 4.90 Å². The lowest BCUT2D eigenvalue weighted by molar-refractivity contribution is -0.172. The van der Waals surface area contributed by atoms with Crippen molar-refractivity contribution in [3.05, 3.63) is 41.0 Å². The monoisotopic (exact) mass is 585 g/mol. The smallest absolute Gasteiger partial charge is 0.338 e. The maximum atomic E-state index is 13.3. The summed E-state index contributed by atoms with van der Waals surface area (Å²) in [5, 5.41) is 11.5. The van der Waals surface area contributed by atoms with Crippen LogP contribution in [0.4, 0.5) is 0 Å². The van der Waals surface area contributed by atoms with Gasteiger partial charge in [-0.1, -0.05) is 0 Å². The van der Waals surface area contributed by atoms with Crippen LogP contribution in [0, 0.1) is 17.8 Å². The third-order valence-electron chi connectivity index (χ3n) is 9.06. The van der Waals surface area contributed by atoms with Gasteiger partial charge in [0.1, 0.15) is 12.2 Å². The molecule has 0 radical (unpaired) electrons. The van der Waals surface area contributed by atoms with E-state index in [0.717, 1.165) is 18.5 Å². The van der Waals surface area contributed by atoms with Crippen LogP contribution in [0.5, 0.6) is 28.7 Å². The first-order valence-corrected chi connectivity index (χ1v) is 14.0. The predicted octanol–water partition coefficient (Wildman–Crippen LogP) is 3.04. The number of nitrogens with zero attached hydrogens (tertiary/aromatic N) is 1. The highest BCUT2D eigenvalue weighted by atomic mass is 16.6. The van der Waals surface area contributed by atoms with Crippen molar-refractivity contribution in [2.45, 2.75) is 37.5 Å². The summed E-state index contributed by atoms with van der Waals surface area (Å²) in [6.45, 7) is 1.54. The average Bonchev–Trinajstić information content (AvgIpc) is 3.02. The fourth-order valence-electron chi connectivity index (χ4n) is 7.05. The summed E-state index contributed by atoms with van der Waals surface area (Å²) < 4.78 is 38.3. The van der Waals surface area contributed by atoms with E-state index in [1.54, 1.807) is 14.2 Å². The van der Waals surface area contributed by atoms with Gasteiger partial charge in [0, 0.05) is 19.1 Å². The molecule has 3 aliphatic rings. The summed E-state index contributed by atoms with van der Waals surface area (Å²) in [5.74, 6) is 0.125. The van der Waals surface area contributed by atoms with Crippen molar-refractivity contribution in [1.29, 1.82) is 0 Å². The SMILES string of the molecule is COC(=O)[C@H]1[C@H](O)[C@@H](OC(=O)c2cc(OC)c(OC)c(OC)c2)C[C@@H]2CN3CCc4cc(OC)c(OC)cc4[C@@H]3C[C@@H]21. The fourth-order valence-corrected chi connectivity index (χ4v) is 7.05. The topological polar surface area (TPSA) is 122 Å². The number of hydrogen-bond donors (Lipinski definition) is 1. The number of piperidine rings is 1. The molecule has 2 heterocycles. The molecule has 0 amide bonds. The highest BCUT2D eigenvalue weighted by Gasteiger charge is 2.53. The molecule has 42 heavy (non-hydrogen) atoms. The van der Waals surface area contributed by atoms with Crippen molar-refractivity contribution in [3.63, 3.8) is 0 Å². The molecule has 228 valence electrons. The first-order valence-electron chi connectivity index (χ1n) is 14.0. The second-order valence-corrected chi connectivity index (χ2v) is 11.0. The van der Waals surface area contributed by atoms with Gasteiger partial charge in [-0.15, -0.1) is 0 Å². The lowest BCUT2D eigenvalue weighted by Crippen LogP contribution is -2.58. The minimum absolute atomic E-state index is 0.00758. The van der Waals surface area contributed by atoms with Crippen molar-refractivity contribution >= 4 is 11.9 Å². The maximum Gasteiger partial charge on any atom is 0.338 e. The summed E-state index contributed by atoms with van der Waals surface area (Å²) in [6, 6.07) is 7.11. The van der Waals surface area contributed by atoms with Gasteiger partial charge in [-0.2, -0.15) is 0 Å². The van der Waals surface area contributed by atoms with Crippen molar-refractivity contribution in [2.75, 3.05) is 55.7 Å². The molecular weight excluding hydrogens is 546 g/mol. The molecule has 0 bridgehead atoms. The zero-order valence-electron chi connectivity index (χ0n) is 24.9. The molecule has 1 saturated heterocycles. The standard InChI is InChI=1S/C31H39NO10/c1-36-22-9-16-7-8-32-15-18-12-24(42-30(34)17-10-25(38-3)29(40-5)26(11-17)39-4)28(33)27(31(35)41-6)20(18)13-21(32)19(16)14-23(22)37-2/h9-11,14,18,20-21,24,27-28,33H,7-8,12-13,15H2,1-6H3/t18-,20+,21+,24+,27-,28-/m1/s1. The number of hydrogen-bond acceptors (Lipinski definition) is 11. The normalized spacial score (nSPS) is 26.5. The molecule has 1 N–H and O–H groups in total. The molecule has 6 atom stereocenters. The van der Waals surface area contributed by atoms with Crippen LogP contribution in [0.3, 0.4) is 0 Å². The number of fused-ring (bicyclic) bond motifs is 4. The Morgan fingerprint density at radius 2 is 1.48 bits per heavy atom. The molecule has 5 rings (SSSR count). The van der Waals surface area contributed by atoms with Crippen molar-refractivity contribution in [1.82, 2.24) is 4.90 Å². The minimum atomic E-state index is -1.23. The second kappa shape index (κ2) is 12.3. The largest absolute Gasteiger partial charge is 0.493 e. The zero-order chi connectivity index (χ0) is 30.1. The molecule has 2 aromatic carbocycles. The first-order chi connectivity index (χ1) is 20.3. The van der Waals surface area contributed by atoms with Gasteiger partial charge >= 0.3 is 11.9 Å². The van der Waals surface area contributed by atoms with Gasteiger partial charge in [-0.25, -0.2) is 4.79 Å². The number of esters is 2. The molecule has 2 aromatic rings. The Labute approximate surface area is 245 Å². The van der Waals surface area contributed by atoms with Crippen molar-refractivity contribution in [2.24, 2.45) is 17.8 Å². The minimum Gasteiger partial charge on any atom is -0.493 e. The highest BCUT2D eigenvalue weighted by molar-refractivity contribution is 5.91. The van der Waals surface area contributed by atoms with Crippen LogP contribution in [-0.4, -0.2) is 89.9 Å². The Balaban J connectivity index is 1.41. The number of carbonyl (C=O) groups is 2. The molecule has 0 spiro atoms. The third kappa shape index (κ3) is 5.20. The summed E-state index contributed by atoms with van der Waals surface area (Å²) in [7, 11) is 8.95. The van der Waals surface area contributed by atoms with E-state index in [1.165, 1.54) is 46.1 Å². The van der Waals surface area contributed by atoms with Gasteiger partial charge in [0.15, 0.2) is 23.0 Å². The zero-order valence-corrected chi connectivity index (χ0v) is 24.9. The van der Waals surface area contributed by atoms with Crippen LogP contribution in [0.15, 0.2) is 24.3 Å². The van der Waals surface area contributed by atoms with E-state index in [9.17, 15) is 14.7 Å². The molecule has 1 aliphatic carbocycles.